The minimum atomic E-state index is 0. The average Bonchev–Trinajstić information content (AvgIpc) is 0. The second kappa shape index (κ2) is 59.1. The summed E-state index contributed by atoms with van der Waals surface area (Å²) in [5.41, 5.74) is 0. The van der Waals surface area contributed by atoms with Crippen molar-refractivity contribution in [1.82, 2.24) is 0 Å². The predicted molar refractivity (Wildman–Crippen MR) is 25.8 cm³/mol. The Morgan fingerprint density at radius 1 is 0.250 bits per heavy atom. The molecular formula is Ca4O4. The van der Waals surface area contributed by atoms with E-state index >= 15 is 0 Å². The van der Waals surface area contributed by atoms with E-state index in [1.165, 1.54) is 0 Å². The Labute approximate surface area is 168 Å². The molecule has 0 atom stereocenters. The van der Waals surface area contributed by atoms with Gasteiger partial charge in [-0.25, -0.2) is 0 Å². The van der Waals surface area contributed by atoms with E-state index in [0.717, 1.165) is 0 Å². The van der Waals surface area contributed by atoms with Crippen molar-refractivity contribution in [1.29, 1.82) is 0 Å². The topological polar surface area (TPSA) is 114 Å². The minimum absolute atomic E-state index is 0. The van der Waals surface area contributed by atoms with Crippen molar-refractivity contribution in [2.75, 3.05) is 0 Å². The molecule has 0 aromatic rings. The van der Waals surface area contributed by atoms with Crippen LogP contribution in [0.3, 0.4) is 0 Å². The first-order valence-corrected chi connectivity index (χ1v) is 0. The van der Waals surface area contributed by atoms with Gasteiger partial charge >= 0.3 is 151 Å². The summed E-state index contributed by atoms with van der Waals surface area (Å²) in [5, 5.41) is 0. The van der Waals surface area contributed by atoms with Crippen LogP contribution in [0.15, 0.2) is 0 Å². The van der Waals surface area contributed by atoms with E-state index in [2.05, 4.69) is 0 Å². The summed E-state index contributed by atoms with van der Waals surface area (Å²) < 4.78 is 0. The smallest absolute Gasteiger partial charge is 2.00 e. The average molecular weight is 224 g/mol. The molecule has 0 N–H and O–H groups in total. The summed E-state index contributed by atoms with van der Waals surface area (Å²) in [4.78, 5) is 0. The number of hydrogen-bond donors (Lipinski definition) is 0. The minimum Gasteiger partial charge on any atom is -2.00 e. The Hall–Kier alpha value is 4.88. The summed E-state index contributed by atoms with van der Waals surface area (Å²) in [7, 11) is 0. The SMILES string of the molecule is [Ca+2].[Ca+2].[Ca+2].[Ca+2].[O-2].[O-2].[O-2].[O-2]. The molecular weight excluding hydrogens is 224 g/mol. The summed E-state index contributed by atoms with van der Waals surface area (Å²) in [6.45, 7) is 0. The van der Waals surface area contributed by atoms with E-state index in [1.54, 1.807) is 0 Å². The van der Waals surface area contributed by atoms with Gasteiger partial charge in [0.1, 0.15) is 0 Å². The molecule has 0 aliphatic rings. The summed E-state index contributed by atoms with van der Waals surface area (Å²) >= 11 is 0. The van der Waals surface area contributed by atoms with Crippen LogP contribution in [0.5, 0.6) is 0 Å². The molecule has 0 saturated heterocycles. The molecule has 0 fully saturated rings. The molecule has 8 heavy (non-hydrogen) atoms. The van der Waals surface area contributed by atoms with Gasteiger partial charge in [0.25, 0.3) is 0 Å². The van der Waals surface area contributed by atoms with E-state index < -0.39 is 0 Å². The quantitative estimate of drug-likeness (QED) is 0.424. The molecule has 0 saturated carbocycles. The summed E-state index contributed by atoms with van der Waals surface area (Å²) in [5.74, 6) is 0. The predicted octanol–water partition coefficient (Wildman–Crippen LogP) is -2.00. The molecule has 0 aromatic heterocycles. The van der Waals surface area contributed by atoms with E-state index in [1.807, 2.05) is 0 Å². The second-order valence-electron chi connectivity index (χ2n) is 0. The molecule has 8 heteroatoms. The van der Waals surface area contributed by atoms with Crippen molar-refractivity contribution in [2.24, 2.45) is 0 Å². The third kappa shape index (κ3) is 44.6. The Kier molecular flexibility index (Phi) is 564. The van der Waals surface area contributed by atoms with Gasteiger partial charge in [0.2, 0.25) is 0 Å². The Balaban J connectivity index is 0. The van der Waals surface area contributed by atoms with E-state index in [0.29, 0.717) is 0 Å². The van der Waals surface area contributed by atoms with Gasteiger partial charge in [0, 0.05) is 0 Å². The van der Waals surface area contributed by atoms with Gasteiger partial charge in [-0.3, -0.25) is 0 Å². The zero-order valence-electron chi connectivity index (χ0n) is 4.46. The number of hydrogen-bond acceptors (Lipinski definition) is 0. The van der Waals surface area contributed by atoms with Crippen molar-refractivity contribution in [3.8, 4) is 0 Å². The van der Waals surface area contributed by atoms with Gasteiger partial charge in [-0.15, -0.1) is 0 Å². The van der Waals surface area contributed by atoms with Gasteiger partial charge in [0.05, 0.1) is 0 Å². The van der Waals surface area contributed by atoms with Crippen molar-refractivity contribution in [3.63, 3.8) is 0 Å². The Bertz CT molecular complexity index is 8.00. The normalized spacial score (nSPS) is 0. The van der Waals surface area contributed by atoms with Crippen LogP contribution in [-0.2, 0) is 21.9 Å². The van der Waals surface area contributed by atoms with Crippen molar-refractivity contribution >= 4 is 151 Å². The molecule has 0 aromatic carbocycles. The fraction of sp³-hybridized carbons (Fsp3) is 0. The number of rotatable bonds is 0. The molecule has 0 aliphatic carbocycles. The first-order valence-electron chi connectivity index (χ1n) is 0. The van der Waals surface area contributed by atoms with Crippen LogP contribution < -0.4 is 0 Å². The van der Waals surface area contributed by atoms with E-state index in [9.17, 15) is 0 Å². The van der Waals surface area contributed by atoms with Crippen LogP contribution in [0.1, 0.15) is 0 Å². The van der Waals surface area contributed by atoms with E-state index in [-0.39, 0.29) is 173 Å². The van der Waals surface area contributed by atoms with Crippen molar-refractivity contribution in [2.45, 2.75) is 0 Å². The third-order valence-electron chi connectivity index (χ3n) is 0. The van der Waals surface area contributed by atoms with Gasteiger partial charge in [0.15, 0.2) is 0 Å². The maximum Gasteiger partial charge on any atom is 2.00 e. The Morgan fingerprint density at radius 2 is 0.250 bits per heavy atom. The fourth-order valence-corrected chi connectivity index (χ4v) is 0. The van der Waals surface area contributed by atoms with Crippen LogP contribution in [0.25, 0.3) is 0 Å². The molecule has 0 heterocycles. The van der Waals surface area contributed by atoms with Crippen molar-refractivity contribution in [3.05, 3.63) is 0 Å². The molecule has 0 unspecified atom stereocenters. The largest absolute Gasteiger partial charge is 2.00 e. The molecule has 0 aliphatic heterocycles. The standard InChI is InChI=1S/4Ca.4O/q4*+2;4*-2. The monoisotopic (exact) mass is 224 g/mol. The van der Waals surface area contributed by atoms with Crippen LogP contribution >= 0.6 is 0 Å². The van der Waals surface area contributed by atoms with Crippen LogP contribution in [-0.4, -0.2) is 151 Å². The Morgan fingerprint density at radius 3 is 0.250 bits per heavy atom. The molecule has 0 bridgehead atoms. The summed E-state index contributed by atoms with van der Waals surface area (Å²) in [6, 6.07) is 0. The van der Waals surface area contributed by atoms with Crippen LogP contribution in [0.2, 0.25) is 0 Å². The molecule has 0 spiro atoms. The van der Waals surface area contributed by atoms with E-state index in [4.69, 9.17) is 0 Å². The van der Waals surface area contributed by atoms with Crippen LogP contribution in [0, 0.1) is 0 Å². The molecule has 32 valence electrons. The molecule has 0 rings (SSSR count). The first-order chi connectivity index (χ1) is 0. The first kappa shape index (κ1) is 76.3. The molecule has 4 nitrogen and oxygen atoms in total. The second-order valence-corrected chi connectivity index (χ2v) is 0. The van der Waals surface area contributed by atoms with Gasteiger partial charge in [-0.2, -0.15) is 0 Å². The zero-order valence-corrected chi connectivity index (χ0v) is 13.3. The maximum absolute atomic E-state index is 0. The molecule has 0 amide bonds. The maximum atomic E-state index is 0. The van der Waals surface area contributed by atoms with Crippen LogP contribution in [0.4, 0.5) is 0 Å². The van der Waals surface area contributed by atoms with Crippen molar-refractivity contribution < 1.29 is 21.9 Å². The molecule has 0 radical (unpaired) electrons. The fourth-order valence-electron chi connectivity index (χ4n) is 0. The van der Waals surface area contributed by atoms with Gasteiger partial charge in [-0.1, -0.05) is 0 Å². The van der Waals surface area contributed by atoms with Gasteiger partial charge < -0.3 is 21.9 Å². The van der Waals surface area contributed by atoms with Gasteiger partial charge in [-0.05, 0) is 0 Å². The summed E-state index contributed by atoms with van der Waals surface area (Å²) in [6.07, 6.45) is 0. The zero-order chi connectivity index (χ0) is 0. The third-order valence-corrected chi connectivity index (χ3v) is 0.